The third-order valence-electron chi connectivity index (χ3n) is 3.59. The van der Waals surface area contributed by atoms with E-state index in [9.17, 15) is 4.79 Å². The molecule has 24 heavy (non-hydrogen) atoms. The van der Waals surface area contributed by atoms with Crippen LogP contribution >= 0.6 is 11.6 Å². The van der Waals surface area contributed by atoms with Crippen molar-refractivity contribution in [2.45, 2.75) is 0 Å². The molecule has 0 aliphatic heterocycles. The maximum Gasteiger partial charge on any atom is 0.414 e. The molecule has 0 N–H and O–H groups in total. The first-order chi connectivity index (χ1) is 11.0. The quantitative estimate of drug-likeness (QED) is 0.606. The zero-order valence-corrected chi connectivity index (χ0v) is 15.0. The zero-order chi connectivity index (χ0) is 16.6. The Kier molecular flexibility index (Phi) is 5.36. The van der Waals surface area contributed by atoms with Gasteiger partial charge in [-0.1, -0.05) is 23.7 Å². The third-order valence-corrected chi connectivity index (χ3v) is 3.81. The van der Waals surface area contributed by atoms with Crippen LogP contribution in [0.2, 0.25) is 5.02 Å². The molecule has 0 bridgehead atoms. The second-order valence-corrected chi connectivity index (χ2v) is 5.91. The maximum atomic E-state index is 11.7. The molecule has 0 spiro atoms. The van der Waals surface area contributed by atoms with Gasteiger partial charge in [0.25, 0.3) is 5.65 Å². The Bertz CT molecular complexity index is 891. The molecule has 126 valence electrons. The van der Waals surface area contributed by atoms with Crippen LogP contribution in [-0.2, 0) is 7.05 Å². The number of aryl methyl sites for hydroxylation is 1. The average Bonchev–Trinajstić information content (AvgIpc) is 2.83. The fourth-order valence-electron chi connectivity index (χ4n) is 2.39. The predicted molar refractivity (Wildman–Crippen MR) is 88.7 cm³/mol. The Morgan fingerprint density at radius 3 is 2.67 bits per heavy atom. The topological polar surface area (TPSA) is 38.6 Å². The number of imidazole rings is 1. The molecule has 2 aromatic heterocycles. The second kappa shape index (κ2) is 7.11. The number of benzene rings is 1. The van der Waals surface area contributed by atoms with Crippen LogP contribution in [0.4, 0.5) is 4.79 Å². The Morgan fingerprint density at radius 2 is 1.96 bits per heavy atom. The van der Waals surface area contributed by atoms with Crippen LogP contribution in [0.3, 0.4) is 0 Å². The summed E-state index contributed by atoms with van der Waals surface area (Å²) in [5.74, 6) is 0.509. The van der Waals surface area contributed by atoms with E-state index in [0.29, 0.717) is 10.8 Å². The number of nitrogens with zero attached hydrogens (tertiary/aromatic N) is 3. The Morgan fingerprint density at radius 1 is 1.21 bits per heavy atom. The van der Waals surface area contributed by atoms with Gasteiger partial charge in [-0.15, -0.1) is 0 Å². The lowest BCUT2D eigenvalue weighted by molar-refractivity contribution is -0.510. The van der Waals surface area contributed by atoms with E-state index >= 15 is 0 Å². The van der Waals surface area contributed by atoms with Crippen LogP contribution in [0.15, 0.2) is 48.8 Å². The van der Waals surface area contributed by atoms with Crippen molar-refractivity contribution in [2.24, 2.45) is 7.05 Å². The van der Waals surface area contributed by atoms with E-state index in [-0.39, 0.29) is 12.4 Å². The van der Waals surface area contributed by atoms with Gasteiger partial charge in [-0.05, 0) is 18.2 Å². The Hall–Kier alpha value is -2.24. The van der Waals surface area contributed by atoms with Crippen LogP contribution in [0.25, 0.3) is 16.9 Å². The normalized spacial score (nSPS) is 10.3. The number of hydrogen-bond acceptors (Lipinski definition) is 2. The van der Waals surface area contributed by atoms with Crippen LogP contribution in [-0.4, -0.2) is 29.7 Å². The minimum absolute atomic E-state index is 0. The summed E-state index contributed by atoms with van der Waals surface area (Å²) in [4.78, 5) is 13.1. The first kappa shape index (κ1) is 18.1. The average molecular weight is 366 g/mol. The van der Waals surface area contributed by atoms with Crippen molar-refractivity contribution in [1.82, 2.24) is 9.47 Å². The molecule has 0 atom stereocenters. The summed E-state index contributed by atoms with van der Waals surface area (Å²) in [7, 11) is 5.28. The summed E-state index contributed by atoms with van der Waals surface area (Å²) < 4.78 is 9.35. The van der Waals surface area contributed by atoms with E-state index in [4.69, 9.17) is 16.3 Å². The number of amides is 1. The fourth-order valence-corrected chi connectivity index (χ4v) is 2.56. The van der Waals surface area contributed by atoms with E-state index in [2.05, 4.69) is 4.57 Å². The smallest absolute Gasteiger partial charge is 0.414 e. The number of halogens is 2. The molecule has 3 aromatic rings. The van der Waals surface area contributed by atoms with E-state index < -0.39 is 6.09 Å². The summed E-state index contributed by atoms with van der Waals surface area (Å²) in [6, 6.07) is 11.3. The minimum atomic E-state index is -0.402. The first-order valence-corrected chi connectivity index (χ1v) is 7.49. The molecule has 1 amide bonds. The number of carbonyl (C=O) groups is 1. The van der Waals surface area contributed by atoms with Crippen molar-refractivity contribution in [3.8, 4) is 17.0 Å². The van der Waals surface area contributed by atoms with Gasteiger partial charge in [0.1, 0.15) is 18.1 Å². The molecule has 7 heteroatoms. The van der Waals surface area contributed by atoms with Gasteiger partial charge in [-0.3, -0.25) is 0 Å². The van der Waals surface area contributed by atoms with Crippen LogP contribution in [0.1, 0.15) is 0 Å². The molecule has 0 unspecified atom stereocenters. The van der Waals surface area contributed by atoms with E-state index in [1.165, 1.54) is 4.90 Å². The molecule has 5 nitrogen and oxygen atoms in total. The molecule has 0 fully saturated rings. The maximum absolute atomic E-state index is 11.7. The van der Waals surface area contributed by atoms with Crippen LogP contribution in [0.5, 0.6) is 5.75 Å². The number of fused-ring (bicyclic) bond motifs is 1. The molecule has 2 heterocycles. The summed E-state index contributed by atoms with van der Waals surface area (Å²) in [5.41, 5.74) is 2.96. The standard InChI is InChI=1S/C17H17ClN3O2.ClH/c1-19(2)17(22)23-14-6-4-5-12(9-14)15-11-21-10-13(18)7-8-16(21)20(15)3;/h4-11H,1-3H3;1H/q+1;/p-1. The molecular formula is C17H17Cl2N3O2. The number of aromatic nitrogens is 2. The molecule has 0 aliphatic rings. The van der Waals surface area contributed by atoms with Gasteiger partial charge in [0.05, 0.1) is 12.1 Å². The highest BCUT2D eigenvalue weighted by atomic mass is 35.5. The number of carbonyl (C=O) groups excluding carboxylic acids is 1. The summed E-state index contributed by atoms with van der Waals surface area (Å²) >= 11 is 6.05. The van der Waals surface area contributed by atoms with Crippen molar-refractivity contribution in [3.63, 3.8) is 0 Å². The van der Waals surface area contributed by atoms with E-state index in [1.807, 2.05) is 54.2 Å². The number of hydrogen-bond donors (Lipinski definition) is 0. The Labute approximate surface area is 151 Å². The minimum Gasteiger partial charge on any atom is -1.00 e. The number of ether oxygens (including phenoxy) is 1. The molecule has 0 radical (unpaired) electrons. The zero-order valence-electron chi connectivity index (χ0n) is 13.5. The first-order valence-electron chi connectivity index (χ1n) is 7.11. The third kappa shape index (κ3) is 3.47. The lowest BCUT2D eigenvalue weighted by Gasteiger charge is -2.10. The van der Waals surface area contributed by atoms with Crippen molar-refractivity contribution >= 4 is 23.3 Å². The van der Waals surface area contributed by atoms with E-state index in [1.54, 1.807) is 20.2 Å². The molecule has 0 aliphatic carbocycles. The van der Waals surface area contributed by atoms with Gasteiger partial charge in [-0.25, -0.2) is 13.8 Å². The monoisotopic (exact) mass is 365 g/mol. The summed E-state index contributed by atoms with van der Waals surface area (Å²) in [6.45, 7) is 0. The highest BCUT2D eigenvalue weighted by molar-refractivity contribution is 6.30. The van der Waals surface area contributed by atoms with Crippen LogP contribution < -0.4 is 21.5 Å². The molecule has 0 saturated carbocycles. The van der Waals surface area contributed by atoms with Gasteiger partial charge < -0.3 is 22.0 Å². The molecule has 0 saturated heterocycles. The highest BCUT2D eigenvalue weighted by Crippen LogP contribution is 2.24. The lowest BCUT2D eigenvalue weighted by Crippen LogP contribution is -3.00. The summed E-state index contributed by atoms with van der Waals surface area (Å²) in [5, 5.41) is 0.674. The van der Waals surface area contributed by atoms with Gasteiger partial charge >= 0.3 is 6.09 Å². The van der Waals surface area contributed by atoms with Crippen molar-refractivity contribution < 1.29 is 26.3 Å². The SMILES string of the molecule is CN(C)C(=O)Oc1cccc(-c2c[n+]3cc(Cl)ccc3n2C)c1.[Cl-]. The number of rotatable bonds is 2. The summed E-state index contributed by atoms with van der Waals surface area (Å²) in [6.07, 6.45) is 3.45. The van der Waals surface area contributed by atoms with E-state index in [0.717, 1.165) is 16.9 Å². The largest absolute Gasteiger partial charge is 1.00 e. The highest BCUT2D eigenvalue weighted by Gasteiger charge is 2.17. The van der Waals surface area contributed by atoms with Gasteiger partial charge in [-0.2, -0.15) is 0 Å². The molecular weight excluding hydrogens is 349 g/mol. The van der Waals surface area contributed by atoms with Gasteiger partial charge in [0.15, 0.2) is 5.69 Å². The Balaban J connectivity index is 0.00000208. The van der Waals surface area contributed by atoms with Crippen molar-refractivity contribution in [1.29, 1.82) is 0 Å². The second-order valence-electron chi connectivity index (χ2n) is 5.48. The predicted octanol–water partition coefficient (Wildman–Crippen LogP) is 0.149. The van der Waals surface area contributed by atoms with Crippen LogP contribution in [0, 0.1) is 0 Å². The van der Waals surface area contributed by atoms with Gasteiger partial charge in [0, 0.05) is 25.7 Å². The number of pyridine rings is 1. The van der Waals surface area contributed by atoms with Gasteiger partial charge in [0.2, 0.25) is 0 Å². The fraction of sp³-hybridized carbons (Fsp3) is 0.176. The van der Waals surface area contributed by atoms with Crippen molar-refractivity contribution in [2.75, 3.05) is 14.1 Å². The van der Waals surface area contributed by atoms with Crippen molar-refractivity contribution in [3.05, 3.63) is 53.8 Å². The molecule has 3 rings (SSSR count). The lowest BCUT2D eigenvalue weighted by atomic mass is 10.1. The molecule has 1 aromatic carbocycles.